The van der Waals surface area contributed by atoms with E-state index in [4.69, 9.17) is 4.74 Å². The van der Waals surface area contributed by atoms with Crippen molar-refractivity contribution in [1.29, 1.82) is 0 Å². The SMILES string of the molecule is CNC(=O)c1sc2cc(Oc3ccnn4cc(C(=O)N5CC[C@@](C)(O)C5)c(C)c34)ccc2c1C. The van der Waals surface area contributed by atoms with E-state index in [-0.39, 0.29) is 11.8 Å². The lowest BCUT2D eigenvalue weighted by Gasteiger charge is -2.18. The molecule has 8 nitrogen and oxygen atoms in total. The highest BCUT2D eigenvalue weighted by Crippen LogP contribution is 2.36. The first-order valence-corrected chi connectivity index (χ1v) is 11.9. The number of amides is 2. The van der Waals surface area contributed by atoms with Crippen molar-refractivity contribution < 1.29 is 19.4 Å². The van der Waals surface area contributed by atoms with Crippen molar-refractivity contribution in [1.82, 2.24) is 19.8 Å². The van der Waals surface area contributed by atoms with Gasteiger partial charge in [0.25, 0.3) is 11.8 Å². The van der Waals surface area contributed by atoms with Gasteiger partial charge in [-0.25, -0.2) is 4.52 Å². The summed E-state index contributed by atoms with van der Waals surface area (Å²) in [6.07, 6.45) is 3.91. The second kappa shape index (κ2) is 8.11. The average molecular weight is 479 g/mol. The van der Waals surface area contributed by atoms with Gasteiger partial charge in [-0.1, -0.05) is 0 Å². The molecule has 1 aliphatic rings. The van der Waals surface area contributed by atoms with Gasteiger partial charge in [0.2, 0.25) is 0 Å². The standard InChI is InChI=1S/C25H26N4O4S/c1-14-18(24(31)28-10-8-25(3,32)13-28)12-29-21(14)19(7-9-27-29)33-16-5-6-17-15(2)22(23(30)26-4)34-20(17)11-16/h5-7,9,11-12,32H,8,10,13H2,1-4H3,(H,26,30)/t25-/m1/s1. The van der Waals surface area contributed by atoms with Crippen LogP contribution in [0, 0.1) is 13.8 Å². The molecule has 2 N–H and O–H groups in total. The van der Waals surface area contributed by atoms with Gasteiger partial charge < -0.3 is 20.1 Å². The van der Waals surface area contributed by atoms with Gasteiger partial charge in [0.1, 0.15) is 11.3 Å². The van der Waals surface area contributed by atoms with E-state index in [1.54, 1.807) is 41.8 Å². The maximum absolute atomic E-state index is 13.2. The number of β-amino-alcohol motifs (C(OH)–C–C–N with tert-alkyl or cyclic N) is 1. The molecular weight excluding hydrogens is 452 g/mol. The summed E-state index contributed by atoms with van der Waals surface area (Å²) in [5.74, 6) is 0.995. The summed E-state index contributed by atoms with van der Waals surface area (Å²) in [7, 11) is 1.63. The molecule has 9 heteroatoms. The van der Waals surface area contributed by atoms with Gasteiger partial charge in [0, 0.05) is 37.1 Å². The lowest BCUT2D eigenvalue weighted by atomic mass is 10.1. The van der Waals surface area contributed by atoms with Crippen LogP contribution in [-0.4, -0.2) is 57.2 Å². The third kappa shape index (κ3) is 3.70. The Morgan fingerprint density at radius 3 is 2.74 bits per heavy atom. The van der Waals surface area contributed by atoms with Crippen molar-refractivity contribution >= 4 is 38.8 Å². The van der Waals surface area contributed by atoms with Gasteiger partial charge in [-0.3, -0.25) is 9.59 Å². The number of fused-ring (bicyclic) bond motifs is 2. The number of hydrogen-bond acceptors (Lipinski definition) is 6. The summed E-state index contributed by atoms with van der Waals surface area (Å²) in [4.78, 5) is 27.7. The number of nitrogens with one attached hydrogen (secondary N) is 1. The number of benzene rings is 1. The average Bonchev–Trinajstić information content (AvgIpc) is 3.46. The minimum atomic E-state index is -0.855. The number of aromatic nitrogens is 2. The summed E-state index contributed by atoms with van der Waals surface area (Å²) in [6.45, 7) is 6.41. The Labute approximate surface area is 200 Å². The number of thiophene rings is 1. The molecule has 0 saturated carbocycles. The van der Waals surface area contributed by atoms with Gasteiger partial charge in [0.15, 0.2) is 5.75 Å². The molecule has 1 aromatic carbocycles. The normalized spacial score (nSPS) is 18.1. The van der Waals surface area contributed by atoms with Crippen LogP contribution in [0.4, 0.5) is 0 Å². The largest absolute Gasteiger partial charge is 0.455 e. The first-order chi connectivity index (χ1) is 16.2. The van der Waals surface area contributed by atoms with Crippen LogP contribution in [0.5, 0.6) is 11.5 Å². The predicted molar refractivity (Wildman–Crippen MR) is 131 cm³/mol. The van der Waals surface area contributed by atoms with Crippen molar-refractivity contribution in [2.45, 2.75) is 32.8 Å². The number of carbonyl (C=O) groups is 2. The predicted octanol–water partition coefficient (Wildman–Crippen LogP) is 3.91. The molecule has 3 aromatic heterocycles. The molecule has 5 rings (SSSR count). The number of aryl methyl sites for hydroxylation is 2. The van der Waals surface area contributed by atoms with Crippen LogP contribution >= 0.6 is 11.3 Å². The van der Waals surface area contributed by atoms with E-state index in [0.29, 0.717) is 47.0 Å². The number of nitrogens with zero attached hydrogens (tertiary/aromatic N) is 3. The van der Waals surface area contributed by atoms with Crippen molar-refractivity contribution in [3.05, 3.63) is 58.2 Å². The van der Waals surface area contributed by atoms with Crippen molar-refractivity contribution in [2.24, 2.45) is 0 Å². The minimum absolute atomic E-state index is 0.0995. The van der Waals surface area contributed by atoms with Gasteiger partial charge in [-0.2, -0.15) is 5.10 Å². The maximum Gasteiger partial charge on any atom is 0.261 e. The minimum Gasteiger partial charge on any atom is -0.455 e. The van der Waals surface area contributed by atoms with Gasteiger partial charge in [-0.15, -0.1) is 11.3 Å². The number of aliphatic hydroxyl groups is 1. The summed E-state index contributed by atoms with van der Waals surface area (Å²) in [6, 6.07) is 7.54. The summed E-state index contributed by atoms with van der Waals surface area (Å²) in [5, 5.41) is 18.3. The number of carbonyl (C=O) groups excluding carboxylic acids is 2. The molecular formula is C25H26N4O4S. The Morgan fingerprint density at radius 1 is 1.24 bits per heavy atom. The Hall–Kier alpha value is -3.43. The second-order valence-corrected chi connectivity index (χ2v) is 10.1. The van der Waals surface area contributed by atoms with Crippen LogP contribution < -0.4 is 10.1 Å². The van der Waals surface area contributed by atoms with Crippen LogP contribution in [0.25, 0.3) is 15.6 Å². The van der Waals surface area contributed by atoms with E-state index in [1.165, 1.54) is 11.3 Å². The highest BCUT2D eigenvalue weighted by atomic mass is 32.1. The quantitative estimate of drug-likeness (QED) is 0.464. The zero-order valence-corrected chi connectivity index (χ0v) is 20.3. The summed E-state index contributed by atoms with van der Waals surface area (Å²) in [5.41, 5.74) is 2.12. The number of ether oxygens (including phenoxy) is 1. The molecule has 2 amide bonds. The first-order valence-electron chi connectivity index (χ1n) is 11.1. The molecule has 4 aromatic rings. The maximum atomic E-state index is 13.2. The number of likely N-dealkylation sites (tertiary alicyclic amines) is 1. The van der Waals surface area contributed by atoms with Crippen LogP contribution in [0.3, 0.4) is 0 Å². The van der Waals surface area contributed by atoms with Crippen LogP contribution in [0.15, 0.2) is 36.7 Å². The Bertz CT molecular complexity index is 1450. The molecule has 0 radical (unpaired) electrons. The molecule has 4 heterocycles. The molecule has 1 atom stereocenters. The monoisotopic (exact) mass is 478 g/mol. The molecule has 0 spiro atoms. The zero-order chi connectivity index (χ0) is 24.2. The zero-order valence-electron chi connectivity index (χ0n) is 19.5. The van der Waals surface area contributed by atoms with Gasteiger partial charge in [0.05, 0.1) is 22.2 Å². The highest BCUT2D eigenvalue weighted by molar-refractivity contribution is 7.21. The molecule has 176 valence electrons. The van der Waals surface area contributed by atoms with Crippen molar-refractivity contribution in [3.8, 4) is 11.5 Å². The fourth-order valence-electron chi connectivity index (χ4n) is 4.54. The molecule has 1 saturated heterocycles. The van der Waals surface area contributed by atoms with E-state index in [9.17, 15) is 14.7 Å². The number of rotatable bonds is 4. The fourth-order valence-corrected chi connectivity index (χ4v) is 5.72. The Morgan fingerprint density at radius 2 is 2.03 bits per heavy atom. The summed E-state index contributed by atoms with van der Waals surface area (Å²) < 4.78 is 8.87. The fraction of sp³-hybridized carbons (Fsp3) is 0.320. The first kappa shape index (κ1) is 22.4. The molecule has 0 unspecified atom stereocenters. The van der Waals surface area contributed by atoms with E-state index in [2.05, 4.69) is 10.4 Å². The molecule has 1 aliphatic heterocycles. The van der Waals surface area contributed by atoms with Gasteiger partial charge in [-0.05, 0) is 61.9 Å². The van der Waals surface area contributed by atoms with Crippen molar-refractivity contribution in [2.75, 3.05) is 20.1 Å². The third-order valence-corrected chi connectivity index (χ3v) is 7.68. The van der Waals surface area contributed by atoms with E-state index < -0.39 is 5.60 Å². The highest BCUT2D eigenvalue weighted by Gasteiger charge is 2.35. The Balaban J connectivity index is 1.49. The molecule has 34 heavy (non-hydrogen) atoms. The molecule has 0 bridgehead atoms. The second-order valence-electron chi connectivity index (χ2n) is 9.03. The smallest absolute Gasteiger partial charge is 0.261 e. The van der Waals surface area contributed by atoms with Crippen molar-refractivity contribution in [3.63, 3.8) is 0 Å². The topological polar surface area (TPSA) is 96.2 Å². The molecule has 0 aliphatic carbocycles. The lowest BCUT2D eigenvalue weighted by molar-refractivity contribution is 0.0572. The number of hydrogen-bond donors (Lipinski definition) is 2. The van der Waals surface area contributed by atoms with Crippen LogP contribution in [0.2, 0.25) is 0 Å². The van der Waals surface area contributed by atoms with Crippen LogP contribution in [0.1, 0.15) is 44.5 Å². The third-order valence-electron chi connectivity index (χ3n) is 6.43. The van der Waals surface area contributed by atoms with E-state index in [0.717, 1.165) is 21.2 Å². The summed E-state index contributed by atoms with van der Waals surface area (Å²) >= 11 is 1.43. The van der Waals surface area contributed by atoms with E-state index in [1.807, 2.05) is 32.0 Å². The molecule has 1 fully saturated rings. The Kier molecular flexibility index (Phi) is 5.33. The van der Waals surface area contributed by atoms with Gasteiger partial charge >= 0.3 is 0 Å². The van der Waals surface area contributed by atoms with E-state index >= 15 is 0 Å². The lowest BCUT2D eigenvalue weighted by Crippen LogP contribution is -2.34. The van der Waals surface area contributed by atoms with Crippen LogP contribution in [-0.2, 0) is 0 Å².